The Balaban J connectivity index is 1.68. The van der Waals surface area contributed by atoms with Gasteiger partial charge in [0.25, 0.3) is 0 Å². The van der Waals surface area contributed by atoms with Crippen LogP contribution in [0, 0.1) is 5.92 Å². The van der Waals surface area contributed by atoms with Crippen LogP contribution in [-0.4, -0.2) is 28.8 Å². The van der Waals surface area contributed by atoms with Crippen LogP contribution >= 0.6 is 22.9 Å². The monoisotopic (exact) mass is 388 g/mol. The summed E-state index contributed by atoms with van der Waals surface area (Å²) in [6, 6.07) is 4.58. The summed E-state index contributed by atoms with van der Waals surface area (Å²) >= 11 is 7.41. The minimum absolute atomic E-state index is 0.00142. The zero-order chi connectivity index (χ0) is 18.0. The smallest absolute Gasteiger partial charge is 0.297 e. The second-order valence-electron chi connectivity index (χ2n) is 6.07. The summed E-state index contributed by atoms with van der Waals surface area (Å²) in [5, 5.41) is 1.88. The van der Waals surface area contributed by atoms with E-state index in [-0.39, 0.29) is 16.7 Å². The van der Waals surface area contributed by atoms with Crippen molar-refractivity contribution in [2.24, 2.45) is 5.92 Å². The number of likely N-dealkylation sites (tertiary alicyclic amines) is 1. The van der Waals surface area contributed by atoms with Gasteiger partial charge in [-0.05, 0) is 36.9 Å². The highest BCUT2D eigenvalue weighted by Gasteiger charge is 2.32. The van der Waals surface area contributed by atoms with E-state index in [0.29, 0.717) is 18.8 Å². The molecule has 0 radical (unpaired) electrons. The number of hydrogen-bond acceptors (Lipinski definition) is 4. The summed E-state index contributed by atoms with van der Waals surface area (Å²) < 4.78 is 38.1. The van der Waals surface area contributed by atoms with Crippen molar-refractivity contribution in [3.63, 3.8) is 0 Å². The molecular weight excluding hydrogens is 373 g/mol. The third-order valence-electron chi connectivity index (χ3n) is 4.26. The largest absolute Gasteiger partial charge is 0.417 e. The first-order valence-corrected chi connectivity index (χ1v) is 9.12. The van der Waals surface area contributed by atoms with Gasteiger partial charge in [-0.1, -0.05) is 17.7 Å². The maximum atomic E-state index is 12.7. The van der Waals surface area contributed by atoms with Crippen molar-refractivity contribution in [3.05, 3.63) is 50.9 Å². The summed E-state index contributed by atoms with van der Waals surface area (Å²) in [6.07, 6.45) is -1.97. The number of carbonyl (C=O) groups excluding carboxylic acids is 1. The summed E-state index contributed by atoms with van der Waals surface area (Å²) in [4.78, 5) is 19.2. The van der Waals surface area contributed by atoms with Crippen LogP contribution in [-0.2, 0) is 12.7 Å². The number of alkyl halides is 3. The first kappa shape index (κ1) is 18.4. The van der Waals surface area contributed by atoms with Gasteiger partial charge in [0.05, 0.1) is 21.2 Å². The van der Waals surface area contributed by atoms with Gasteiger partial charge in [0, 0.05) is 25.2 Å². The van der Waals surface area contributed by atoms with E-state index in [1.807, 2.05) is 22.4 Å². The number of halogens is 4. The van der Waals surface area contributed by atoms with Crippen LogP contribution in [0.5, 0.6) is 0 Å². The molecule has 8 heteroatoms. The van der Waals surface area contributed by atoms with Gasteiger partial charge in [-0.25, -0.2) is 0 Å². The molecule has 1 saturated heterocycles. The van der Waals surface area contributed by atoms with Gasteiger partial charge in [0.15, 0.2) is 5.78 Å². The van der Waals surface area contributed by atoms with Crippen LogP contribution in [0.2, 0.25) is 5.02 Å². The molecule has 0 amide bonds. The Kier molecular flexibility index (Phi) is 5.46. The number of pyridine rings is 1. The second kappa shape index (κ2) is 7.43. The Morgan fingerprint density at radius 1 is 1.44 bits per heavy atom. The van der Waals surface area contributed by atoms with E-state index < -0.39 is 11.7 Å². The first-order chi connectivity index (χ1) is 11.8. The Labute approximate surface area is 152 Å². The van der Waals surface area contributed by atoms with Crippen molar-refractivity contribution < 1.29 is 18.0 Å². The number of rotatable bonds is 4. The molecule has 3 heterocycles. The summed E-state index contributed by atoms with van der Waals surface area (Å²) in [5.41, 5.74) is -0.454. The lowest BCUT2D eigenvalue weighted by Crippen LogP contribution is -2.38. The summed E-state index contributed by atoms with van der Waals surface area (Å²) in [7, 11) is 0. The molecule has 1 atom stereocenters. The molecule has 0 bridgehead atoms. The Bertz CT molecular complexity index is 749. The zero-order valence-electron chi connectivity index (χ0n) is 13.2. The Morgan fingerprint density at radius 3 is 2.88 bits per heavy atom. The number of thiophene rings is 1. The molecule has 25 heavy (non-hydrogen) atoms. The summed E-state index contributed by atoms with van der Waals surface area (Å²) in [5.74, 6) is 0.0341. The lowest BCUT2D eigenvalue weighted by Gasteiger charge is -2.31. The molecule has 0 N–H and O–H groups in total. The average molecular weight is 389 g/mol. The van der Waals surface area contributed by atoms with Crippen LogP contribution in [0.15, 0.2) is 29.8 Å². The van der Waals surface area contributed by atoms with Gasteiger partial charge < -0.3 is 0 Å². The molecular formula is C17H16ClF3N2OS. The highest BCUT2D eigenvalue weighted by Crippen LogP contribution is 2.32. The SMILES string of the molecule is O=C(c1cccs1)C1CCCN(Cc2ncc(C(F)(F)F)cc2Cl)C1. The molecule has 0 spiro atoms. The molecule has 1 unspecified atom stereocenters. The number of ketones is 1. The van der Waals surface area contributed by atoms with Crippen LogP contribution in [0.1, 0.15) is 33.8 Å². The molecule has 0 saturated carbocycles. The molecule has 3 nitrogen and oxygen atoms in total. The zero-order valence-corrected chi connectivity index (χ0v) is 14.8. The van der Waals surface area contributed by atoms with E-state index in [2.05, 4.69) is 4.98 Å². The van der Waals surface area contributed by atoms with E-state index in [0.717, 1.165) is 36.5 Å². The van der Waals surface area contributed by atoms with Gasteiger partial charge in [0.2, 0.25) is 0 Å². The average Bonchev–Trinajstić information content (AvgIpc) is 3.10. The van der Waals surface area contributed by atoms with Crippen LogP contribution in [0.25, 0.3) is 0 Å². The normalized spacial score (nSPS) is 19.1. The number of piperidine rings is 1. The van der Waals surface area contributed by atoms with Crippen LogP contribution in [0.3, 0.4) is 0 Å². The quantitative estimate of drug-likeness (QED) is 0.698. The Morgan fingerprint density at radius 2 is 2.24 bits per heavy atom. The molecule has 1 fully saturated rings. The fourth-order valence-corrected chi connectivity index (χ4v) is 3.95. The number of Topliss-reactive ketones (excluding diaryl/α,β-unsaturated/α-hetero) is 1. The first-order valence-electron chi connectivity index (χ1n) is 7.86. The third kappa shape index (κ3) is 4.40. The topological polar surface area (TPSA) is 33.2 Å². The predicted molar refractivity (Wildman–Crippen MR) is 90.9 cm³/mol. The van der Waals surface area contributed by atoms with E-state index >= 15 is 0 Å². The predicted octanol–water partition coefficient (Wildman–Crippen LogP) is 4.91. The lowest BCUT2D eigenvalue weighted by atomic mass is 9.93. The van der Waals surface area contributed by atoms with Crippen molar-refractivity contribution in [1.29, 1.82) is 0 Å². The fraction of sp³-hybridized carbons (Fsp3) is 0.412. The van der Waals surface area contributed by atoms with E-state index in [1.54, 1.807) is 0 Å². The standard InChI is InChI=1S/C17H16ClF3N2OS/c18-13-7-12(17(19,20)21)8-22-14(13)10-23-5-1-3-11(9-23)16(24)15-4-2-6-25-15/h2,4,6-8,11H,1,3,5,9-10H2. The molecule has 2 aromatic heterocycles. The van der Waals surface area contributed by atoms with E-state index in [1.165, 1.54) is 11.3 Å². The maximum Gasteiger partial charge on any atom is 0.417 e. The molecule has 3 rings (SSSR count). The van der Waals surface area contributed by atoms with E-state index in [4.69, 9.17) is 11.6 Å². The van der Waals surface area contributed by atoms with Gasteiger partial charge in [-0.2, -0.15) is 13.2 Å². The highest BCUT2D eigenvalue weighted by molar-refractivity contribution is 7.12. The van der Waals surface area contributed by atoms with Gasteiger partial charge in [-0.15, -0.1) is 11.3 Å². The minimum Gasteiger partial charge on any atom is -0.297 e. The number of aromatic nitrogens is 1. The molecule has 1 aliphatic rings. The minimum atomic E-state index is -4.46. The molecule has 0 aromatic carbocycles. The molecule has 134 valence electrons. The number of carbonyl (C=O) groups is 1. The number of hydrogen-bond donors (Lipinski definition) is 0. The highest BCUT2D eigenvalue weighted by atomic mass is 35.5. The Hall–Kier alpha value is -1.44. The van der Waals surface area contributed by atoms with Gasteiger partial charge in [0.1, 0.15) is 0 Å². The van der Waals surface area contributed by atoms with Crippen LogP contribution < -0.4 is 0 Å². The van der Waals surface area contributed by atoms with Crippen molar-refractivity contribution >= 4 is 28.7 Å². The third-order valence-corrected chi connectivity index (χ3v) is 5.47. The number of nitrogens with zero attached hydrogens (tertiary/aromatic N) is 2. The van der Waals surface area contributed by atoms with Crippen molar-refractivity contribution in [3.8, 4) is 0 Å². The fourth-order valence-electron chi connectivity index (χ4n) is 2.98. The van der Waals surface area contributed by atoms with Crippen molar-refractivity contribution in [2.45, 2.75) is 25.6 Å². The van der Waals surface area contributed by atoms with Crippen molar-refractivity contribution in [2.75, 3.05) is 13.1 Å². The molecule has 2 aromatic rings. The lowest BCUT2D eigenvalue weighted by molar-refractivity contribution is -0.137. The summed E-state index contributed by atoms with van der Waals surface area (Å²) in [6.45, 7) is 1.67. The molecule has 1 aliphatic heterocycles. The maximum absolute atomic E-state index is 12.7. The molecule has 0 aliphatic carbocycles. The second-order valence-corrected chi connectivity index (χ2v) is 7.42. The van der Waals surface area contributed by atoms with Gasteiger partial charge >= 0.3 is 6.18 Å². The van der Waals surface area contributed by atoms with Gasteiger partial charge in [-0.3, -0.25) is 14.7 Å². The van der Waals surface area contributed by atoms with Crippen LogP contribution in [0.4, 0.5) is 13.2 Å². The van der Waals surface area contributed by atoms with Crippen molar-refractivity contribution in [1.82, 2.24) is 9.88 Å². The van der Waals surface area contributed by atoms with E-state index in [9.17, 15) is 18.0 Å².